The van der Waals surface area contributed by atoms with Gasteiger partial charge in [0.1, 0.15) is 23.4 Å². The number of benzene rings is 2. The summed E-state index contributed by atoms with van der Waals surface area (Å²) >= 11 is 11.9. The highest BCUT2D eigenvalue weighted by molar-refractivity contribution is 7.80. The lowest BCUT2D eigenvalue weighted by Crippen LogP contribution is -2.30. The molecular weight excluding hydrogens is 477 g/mol. The van der Waals surface area contributed by atoms with Crippen LogP contribution in [0.5, 0.6) is 0 Å². The highest BCUT2D eigenvalue weighted by atomic mass is 35.5. The second-order valence-corrected chi connectivity index (χ2v) is 8.44. The van der Waals surface area contributed by atoms with E-state index in [4.69, 9.17) is 28.2 Å². The first kappa shape index (κ1) is 22.1. The Labute approximate surface area is 204 Å². The number of nitrogens with zero attached hydrogens (tertiary/aromatic N) is 2. The molecule has 4 aromatic rings. The molecule has 2 N–H and O–H groups in total. The number of halogens is 2. The molecule has 2 aromatic heterocycles. The molecule has 1 fully saturated rings. The maximum absolute atomic E-state index is 14.8. The summed E-state index contributed by atoms with van der Waals surface area (Å²) in [5, 5.41) is 13.3. The van der Waals surface area contributed by atoms with E-state index >= 15 is 0 Å². The lowest BCUT2D eigenvalue weighted by Gasteiger charge is -2.26. The van der Waals surface area contributed by atoms with Crippen molar-refractivity contribution in [3.8, 4) is 11.3 Å². The van der Waals surface area contributed by atoms with Gasteiger partial charge in [-0.3, -0.25) is 4.98 Å². The minimum Gasteiger partial charge on any atom is -0.478 e. The third-order valence-corrected chi connectivity index (χ3v) is 6.25. The molecule has 0 aliphatic carbocycles. The molecule has 2 unspecified atom stereocenters. The SMILES string of the molecule is O=C(O)c1ccc(Cl)c(-c2ccc(C3C(c4ccccn4)NC(=S)N3c3ccccc3F)o2)c1. The zero-order chi connectivity index (χ0) is 23.8. The van der Waals surface area contributed by atoms with E-state index in [9.17, 15) is 14.3 Å². The fourth-order valence-corrected chi connectivity index (χ4v) is 4.60. The number of carbonyl (C=O) groups is 1. The van der Waals surface area contributed by atoms with Gasteiger partial charge in [0.25, 0.3) is 0 Å². The van der Waals surface area contributed by atoms with Crippen LogP contribution >= 0.6 is 23.8 Å². The number of aromatic nitrogens is 1. The van der Waals surface area contributed by atoms with Gasteiger partial charge in [0.2, 0.25) is 0 Å². The van der Waals surface area contributed by atoms with Gasteiger partial charge in [0, 0.05) is 11.8 Å². The summed E-state index contributed by atoms with van der Waals surface area (Å²) in [6, 6.07) is 18.8. The normalized spacial score (nSPS) is 17.6. The van der Waals surface area contributed by atoms with Crippen LogP contribution in [0.15, 0.2) is 83.4 Å². The third-order valence-electron chi connectivity index (χ3n) is 5.61. The van der Waals surface area contributed by atoms with E-state index in [0.29, 0.717) is 38.6 Å². The fraction of sp³-hybridized carbons (Fsp3) is 0.0800. The Morgan fingerprint density at radius 2 is 1.91 bits per heavy atom. The maximum Gasteiger partial charge on any atom is 0.335 e. The first-order chi connectivity index (χ1) is 16.4. The van der Waals surface area contributed by atoms with Gasteiger partial charge in [-0.1, -0.05) is 29.8 Å². The van der Waals surface area contributed by atoms with Crippen LogP contribution in [0, 0.1) is 5.82 Å². The predicted octanol–water partition coefficient (Wildman–Crippen LogP) is 6.01. The summed E-state index contributed by atoms with van der Waals surface area (Å²) in [6.45, 7) is 0. The number of thiocarbonyl (C=S) groups is 1. The van der Waals surface area contributed by atoms with E-state index in [0.717, 1.165) is 0 Å². The van der Waals surface area contributed by atoms with E-state index in [2.05, 4.69) is 10.3 Å². The second-order valence-electron chi connectivity index (χ2n) is 7.65. The molecule has 0 bridgehead atoms. The number of nitrogens with one attached hydrogen (secondary N) is 1. The Morgan fingerprint density at radius 1 is 1.12 bits per heavy atom. The third kappa shape index (κ3) is 3.91. The minimum atomic E-state index is -1.07. The van der Waals surface area contributed by atoms with Crippen molar-refractivity contribution >= 4 is 40.6 Å². The Bertz CT molecular complexity index is 1400. The molecule has 1 aliphatic rings. The average molecular weight is 494 g/mol. The molecule has 3 heterocycles. The molecule has 9 heteroatoms. The van der Waals surface area contributed by atoms with E-state index in [1.165, 1.54) is 24.3 Å². The van der Waals surface area contributed by atoms with Crippen LogP contribution in [0.3, 0.4) is 0 Å². The van der Waals surface area contributed by atoms with Gasteiger partial charge in [-0.05, 0) is 66.8 Å². The van der Waals surface area contributed by atoms with E-state index in [1.807, 2.05) is 18.2 Å². The van der Waals surface area contributed by atoms with E-state index in [-0.39, 0.29) is 5.56 Å². The summed E-state index contributed by atoms with van der Waals surface area (Å²) in [5.74, 6) is -0.634. The summed E-state index contributed by atoms with van der Waals surface area (Å²) in [4.78, 5) is 17.6. The number of hydrogen-bond acceptors (Lipinski definition) is 4. The lowest BCUT2D eigenvalue weighted by molar-refractivity contribution is 0.0697. The zero-order valence-corrected chi connectivity index (χ0v) is 19.1. The van der Waals surface area contributed by atoms with Gasteiger partial charge >= 0.3 is 5.97 Å². The zero-order valence-electron chi connectivity index (χ0n) is 17.5. The minimum absolute atomic E-state index is 0.0837. The predicted molar refractivity (Wildman–Crippen MR) is 130 cm³/mol. The smallest absolute Gasteiger partial charge is 0.335 e. The van der Waals surface area contributed by atoms with Crippen molar-refractivity contribution in [2.75, 3.05) is 4.90 Å². The van der Waals surface area contributed by atoms with Crippen molar-refractivity contribution in [1.82, 2.24) is 10.3 Å². The Balaban J connectivity index is 1.62. The molecule has 34 heavy (non-hydrogen) atoms. The molecule has 5 rings (SSSR count). The monoisotopic (exact) mass is 493 g/mol. The molecule has 170 valence electrons. The molecule has 6 nitrogen and oxygen atoms in total. The van der Waals surface area contributed by atoms with Crippen LogP contribution < -0.4 is 10.2 Å². The summed E-state index contributed by atoms with van der Waals surface area (Å²) in [5.41, 5.74) is 1.53. The Hall–Kier alpha value is -3.75. The number of aromatic carboxylic acids is 1. The van der Waals surface area contributed by atoms with Crippen LogP contribution in [-0.2, 0) is 0 Å². The van der Waals surface area contributed by atoms with Gasteiger partial charge in [0.15, 0.2) is 5.11 Å². The number of carboxylic acid groups (broad SMARTS) is 1. The molecule has 0 amide bonds. The summed E-state index contributed by atoms with van der Waals surface area (Å²) < 4.78 is 21.0. The maximum atomic E-state index is 14.8. The molecule has 0 radical (unpaired) electrons. The molecule has 2 atom stereocenters. The number of para-hydroxylation sites is 1. The molecule has 1 saturated heterocycles. The van der Waals surface area contributed by atoms with Crippen molar-refractivity contribution in [2.24, 2.45) is 0 Å². The van der Waals surface area contributed by atoms with Crippen LogP contribution in [0.4, 0.5) is 10.1 Å². The standard InChI is InChI=1S/C25H17ClFN3O3S/c26-16-9-8-14(24(31)32)13-15(16)20-10-11-21(33-20)23-22(18-6-3-4-12-28-18)29-25(34)30(23)19-7-2-1-5-17(19)27/h1-13,22-23H,(H,29,34)(H,31,32). The van der Waals surface area contributed by atoms with Gasteiger partial charge in [0.05, 0.1) is 28.0 Å². The molecular formula is C25H17ClFN3O3S. The number of pyridine rings is 1. The van der Waals surface area contributed by atoms with E-state index < -0.39 is 23.9 Å². The van der Waals surface area contributed by atoms with Gasteiger partial charge in [-0.25, -0.2) is 9.18 Å². The van der Waals surface area contributed by atoms with Crippen LogP contribution in [-0.4, -0.2) is 21.2 Å². The van der Waals surface area contributed by atoms with Crippen molar-refractivity contribution in [2.45, 2.75) is 12.1 Å². The molecule has 0 saturated carbocycles. The molecule has 0 spiro atoms. The molecule has 1 aliphatic heterocycles. The van der Waals surface area contributed by atoms with Crippen molar-refractivity contribution in [3.63, 3.8) is 0 Å². The summed E-state index contributed by atoms with van der Waals surface area (Å²) in [7, 11) is 0. The summed E-state index contributed by atoms with van der Waals surface area (Å²) in [6.07, 6.45) is 1.67. The Morgan fingerprint density at radius 3 is 2.65 bits per heavy atom. The van der Waals surface area contributed by atoms with Crippen molar-refractivity contribution in [1.29, 1.82) is 0 Å². The Kier molecular flexibility index (Phi) is 5.77. The first-order valence-corrected chi connectivity index (χ1v) is 11.1. The molecule has 2 aromatic carbocycles. The first-order valence-electron chi connectivity index (χ1n) is 10.3. The quantitative estimate of drug-likeness (QED) is 0.330. The second kappa shape index (κ2) is 8.89. The highest BCUT2D eigenvalue weighted by Gasteiger charge is 2.43. The number of anilines is 1. The number of furan rings is 1. The number of hydrogen-bond donors (Lipinski definition) is 2. The number of carboxylic acids is 1. The van der Waals surface area contributed by atoms with E-state index in [1.54, 1.807) is 41.4 Å². The van der Waals surface area contributed by atoms with Gasteiger partial charge in [-0.2, -0.15) is 0 Å². The van der Waals surface area contributed by atoms with Crippen LogP contribution in [0.1, 0.15) is 33.9 Å². The van der Waals surface area contributed by atoms with Gasteiger partial charge < -0.3 is 19.7 Å². The van der Waals surface area contributed by atoms with Crippen molar-refractivity contribution in [3.05, 3.63) is 107 Å². The largest absolute Gasteiger partial charge is 0.478 e. The van der Waals surface area contributed by atoms with Crippen LogP contribution in [0.25, 0.3) is 11.3 Å². The van der Waals surface area contributed by atoms with Crippen LogP contribution in [0.2, 0.25) is 5.02 Å². The highest BCUT2D eigenvalue weighted by Crippen LogP contribution is 2.44. The van der Waals surface area contributed by atoms with Crippen molar-refractivity contribution < 1.29 is 18.7 Å². The number of rotatable bonds is 5. The average Bonchev–Trinajstić information content (AvgIpc) is 3.45. The lowest BCUT2D eigenvalue weighted by atomic mass is 10.0. The van der Waals surface area contributed by atoms with Gasteiger partial charge in [-0.15, -0.1) is 0 Å². The topological polar surface area (TPSA) is 78.6 Å². The fourth-order valence-electron chi connectivity index (χ4n) is 4.05.